The number of hydrogen-bond acceptors (Lipinski definition) is 3. The number of hydrogen-bond donors (Lipinski definition) is 2. The van der Waals surface area contributed by atoms with E-state index in [1.54, 1.807) is 0 Å². The van der Waals surface area contributed by atoms with E-state index in [9.17, 15) is 9.59 Å². The lowest BCUT2D eigenvalue weighted by Gasteiger charge is -2.15. The Morgan fingerprint density at radius 1 is 1.45 bits per heavy atom. The van der Waals surface area contributed by atoms with Crippen LogP contribution in [0.4, 0.5) is 0 Å². The first kappa shape index (κ1) is 14.4. The van der Waals surface area contributed by atoms with Crippen LogP contribution in [0.5, 0.6) is 5.75 Å². The molecule has 1 amide bonds. The van der Waals surface area contributed by atoms with E-state index in [0.29, 0.717) is 13.0 Å². The zero-order chi connectivity index (χ0) is 14.7. The number of amides is 1. The third-order valence-corrected chi connectivity index (χ3v) is 3.47. The lowest BCUT2D eigenvalue weighted by atomic mass is 10.1. The highest BCUT2D eigenvalue weighted by molar-refractivity contribution is 5.89. The molecule has 5 nitrogen and oxygen atoms in total. The molecule has 108 valence electrons. The summed E-state index contributed by atoms with van der Waals surface area (Å²) in [6, 6.07) is 7.37. The molecule has 0 spiro atoms. The lowest BCUT2D eigenvalue weighted by Crippen LogP contribution is -2.29. The Bertz CT molecular complexity index is 514. The van der Waals surface area contributed by atoms with Gasteiger partial charge in [-0.25, -0.2) is 0 Å². The number of nitrogens with one attached hydrogen (secondary N) is 1. The predicted octanol–water partition coefficient (Wildman–Crippen LogP) is 1.98. The van der Waals surface area contributed by atoms with Crippen molar-refractivity contribution in [1.29, 1.82) is 0 Å². The van der Waals surface area contributed by atoms with Gasteiger partial charge in [-0.05, 0) is 38.0 Å². The summed E-state index contributed by atoms with van der Waals surface area (Å²) in [5.74, 6) is -1.22. The average molecular weight is 277 g/mol. The van der Waals surface area contributed by atoms with E-state index >= 15 is 0 Å². The van der Waals surface area contributed by atoms with Crippen LogP contribution in [-0.4, -0.2) is 23.6 Å². The predicted molar refractivity (Wildman–Crippen MR) is 73.4 cm³/mol. The third kappa shape index (κ3) is 3.29. The quantitative estimate of drug-likeness (QED) is 0.833. The van der Waals surface area contributed by atoms with Gasteiger partial charge in [0.25, 0.3) is 0 Å². The van der Waals surface area contributed by atoms with E-state index in [2.05, 4.69) is 5.32 Å². The Hall–Kier alpha value is -2.04. The zero-order valence-electron chi connectivity index (χ0n) is 11.6. The van der Waals surface area contributed by atoms with Crippen LogP contribution in [-0.2, 0) is 9.59 Å². The van der Waals surface area contributed by atoms with E-state index < -0.39 is 11.9 Å². The van der Waals surface area contributed by atoms with E-state index in [-0.39, 0.29) is 17.9 Å². The van der Waals surface area contributed by atoms with E-state index in [0.717, 1.165) is 11.3 Å². The molecule has 1 aromatic rings. The highest BCUT2D eigenvalue weighted by Crippen LogP contribution is 2.39. The molecule has 20 heavy (non-hydrogen) atoms. The molecule has 1 saturated carbocycles. The Labute approximate surface area is 117 Å². The summed E-state index contributed by atoms with van der Waals surface area (Å²) in [6.45, 7) is 4.38. The molecular weight excluding hydrogens is 258 g/mol. The van der Waals surface area contributed by atoms with Crippen LogP contribution in [0.2, 0.25) is 0 Å². The molecule has 0 radical (unpaired) electrons. The SMILES string of the molecule is CCOc1cccc([C@H](C)NC(=O)[C@@H]2C[C@@H]2C(=O)O)c1. The largest absolute Gasteiger partial charge is 0.494 e. The van der Waals surface area contributed by atoms with Gasteiger partial charge in [-0.1, -0.05) is 12.1 Å². The van der Waals surface area contributed by atoms with Gasteiger partial charge in [-0.15, -0.1) is 0 Å². The fourth-order valence-corrected chi connectivity index (χ4v) is 2.20. The van der Waals surface area contributed by atoms with E-state index in [1.807, 2.05) is 38.1 Å². The topological polar surface area (TPSA) is 75.6 Å². The highest BCUT2D eigenvalue weighted by atomic mass is 16.5. The molecule has 1 aliphatic rings. The van der Waals surface area contributed by atoms with E-state index in [1.165, 1.54) is 0 Å². The Morgan fingerprint density at radius 3 is 2.80 bits per heavy atom. The van der Waals surface area contributed by atoms with Crippen LogP contribution in [0.25, 0.3) is 0 Å². The summed E-state index contributed by atoms with van der Waals surface area (Å²) in [5.41, 5.74) is 0.942. The number of aliphatic carboxylic acids is 1. The number of ether oxygens (including phenoxy) is 1. The number of carboxylic acids is 1. The van der Waals surface area contributed by atoms with E-state index in [4.69, 9.17) is 9.84 Å². The molecule has 0 aromatic heterocycles. The van der Waals surface area contributed by atoms with Crippen LogP contribution < -0.4 is 10.1 Å². The van der Waals surface area contributed by atoms with Crippen molar-refractivity contribution in [1.82, 2.24) is 5.32 Å². The molecule has 0 aliphatic heterocycles. The maximum absolute atomic E-state index is 11.9. The standard InChI is InChI=1S/C15H19NO4/c1-3-20-11-6-4-5-10(7-11)9(2)16-14(17)12-8-13(12)15(18)19/h4-7,9,12-13H,3,8H2,1-2H3,(H,16,17)(H,18,19)/t9-,12+,13-/m0/s1. The number of carbonyl (C=O) groups excluding carboxylic acids is 1. The summed E-state index contributed by atoms with van der Waals surface area (Å²) in [4.78, 5) is 22.7. The Balaban J connectivity index is 1.94. The Morgan fingerprint density at radius 2 is 2.20 bits per heavy atom. The second-order valence-corrected chi connectivity index (χ2v) is 5.02. The molecule has 2 rings (SSSR count). The minimum atomic E-state index is -0.892. The van der Waals surface area contributed by atoms with Crippen LogP contribution in [0.15, 0.2) is 24.3 Å². The third-order valence-electron chi connectivity index (χ3n) is 3.47. The molecule has 5 heteroatoms. The first-order valence-electron chi connectivity index (χ1n) is 6.79. The first-order valence-corrected chi connectivity index (χ1v) is 6.79. The molecular formula is C15H19NO4. The maximum Gasteiger partial charge on any atom is 0.307 e. The fourth-order valence-electron chi connectivity index (χ4n) is 2.20. The molecule has 0 bridgehead atoms. The number of benzene rings is 1. The van der Waals surface area contributed by atoms with Crippen molar-refractivity contribution in [2.24, 2.45) is 11.8 Å². The summed E-state index contributed by atoms with van der Waals surface area (Å²) in [6.07, 6.45) is 0.437. The normalized spacial score (nSPS) is 21.9. The summed E-state index contributed by atoms with van der Waals surface area (Å²) in [7, 11) is 0. The van der Waals surface area contributed by atoms with Crippen molar-refractivity contribution in [3.05, 3.63) is 29.8 Å². The monoisotopic (exact) mass is 277 g/mol. The average Bonchev–Trinajstić information content (AvgIpc) is 3.19. The summed E-state index contributed by atoms with van der Waals surface area (Å²) >= 11 is 0. The van der Waals surface area contributed by atoms with Gasteiger partial charge in [0.15, 0.2) is 0 Å². The fraction of sp³-hybridized carbons (Fsp3) is 0.467. The number of carbonyl (C=O) groups is 2. The molecule has 1 aromatic carbocycles. The van der Waals surface area contributed by atoms with Crippen molar-refractivity contribution in [3.63, 3.8) is 0 Å². The smallest absolute Gasteiger partial charge is 0.307 e. The second-order valence-electron chi connectivity index (χ2n) is 5.02. The van der Waals surface area contributed by atoms with Crippen LogP contribution in [0.3, 0.4) is 0 Å². The molecule has 0 saturated heterocycles. The molecule has 2 N–H and O–H groups in total. The molecule has 3 atom stereocenters. The van der Waals surface area contributed by atoms with Crippen molar-refractivity contribution >= 4 is 11.9 Å². The van der Waals surface area contributed by atoms with Crippen LogP contribution in [0.1, 0.15) is 31.9 Å². The van der Waals surface area contributed by atoms with Crippen molar-refractivity contribution < 1.29 is 19.4 Å². The van der Waals surface area contributed by atoms with Crippen molar-refractivity contribution in [3.8, 4) is 5.75 Å². The maximum atomic E-state index is 11.9. The Kier molecular flexibility index (Phi) is 4.27. The first-order chi connectivity index (χ1) is 9.52. The minimum Gasteiger partial charge on any atom is -0.494 e. The second kappa shape index (κ2) is 5.94. The van der Waals surface area contributed by atoms with Crippen LogP contribution >= 0.6 is 0 Å². The lowest BCUT2D eigenvalue weighted by molar-refractivity contribution is -0.140. The van der Waals surface area contributed by atoms with Gasteiger partial charge in [0, 0.05) is 0 Å². The van der Waals surface area contributed by atoms with Gasteiger partial charge >= 0.3 is 5.97 Å². The number of rotatable bonds is 6. The van der Waals surface area contributed by atoms with Gasteiger partial charge in [0.1, 0.15) is 5.75 Å². The van der Waals surface area contributed by atoms with Gasteiger partial charge in [-0.2, -0.15) is 0 Å². The van der Waals surface area contributed by atoms with Crippen LogP contribution in [0, 0.1) is 11.8 Å². The summed E-state index contributed by atoms with van der Waals surface area (Å²) in [5, 5.41) is 11.7. The van der Waals surface area contributed by atoms with Crippen molar-refractivity contribution in [2.75, 3.05) is 6.61 Å². The highest BCUT2D eigenvalue weighted by Gasteiger charge is 2.48. The molecule has 1 fully saturated rings. The zero-order valence-corrected chi connectivity index (χ0v) is 11.6. The number of carboxylic acid groups (broad SMARTS) is 1. The van der Waals surface area contributed by atoms with Crippen molar-refractivity contribution in [2.45, 2.75) is 26.3 Å². The summed E-state index contributed by atoms with van der Waals surface area (Å²) < 4.78 is 5.42. The van der Waals surface area contributed by atoms with Gasteiger partial charge in [0.2, 0.25) is 5.91 Å². The minimum absolute atomic E-state index is 0.169. The molecule has 1 aliphatic carbocycles. The van der Waals surface area contributed by atoms with Gasteiger partial charge < -0.3 is 15.2 Å². The van der Waals surface area contributed by atoms with Gasteiger partial charge in [0.05, 0.1) is 24.5 Å². The molecule has 0 heterocycles. The molecule has 0 unspecified atom stereocenters. The van der Waals surface area contributed by atoms with Gasteiger partial charge in [-0.3, -0.25) is 9.59 Å².